The first-order valence-corrected chi connectivity index (χ1v) is 25.0. The summed E-state index contributed by atoms with van der Waals surface area (Å²) >= 11 is 5.97. The Morgan fingerprint density at radius 3 is 2.64 bits per heavy atom. The number of carbonyl (C=O) groups excluding carboxylic acids is 1. The number of carbonyl (C=O) groups is 1. The summed E-state index contributed by atoms with van der Waals surface area (Å²) in [7, 11) is -5.92. The molecule has 2 fully saturated rings. The Morgan fingerprint density at radius 1 is 1.28 bits per heavy atom. The Labute approximate surface area is 340 Å². The minimum absolute atomic E-state index is 0.00836. The molecule has 2 aliphatic rings. The van der Waals surface area contributed by atoms with Gasteiger partial charge in [0, 0.05) is 22.6 Å². The number of imidazole rings is 1. The number of aromatic nitrogens is 6. The fourth-order valence-corrected chi connectivity index (χ4v) is 10.0. The minimum atomic E-state index is -4.02. The summed E-state index contributed by atoms with van der Waals surface area (Å²) < 4.78 is 66.4. The van der Waals surface area contributed by atoms with Gasteiger partial charge in [0.25, 0.3) is 5.56 Å². The van der Waals surface area contributed by atoms with Crippen molar-refractivity contribution < 1.29 is 51.0 Å². The van der Waals surface area contributed by atoms with Crippen LogP contribution in [-0.4, -0.2) is 110 Å². The Balaban J connectivity index is 1.53. The number of alkyl halides is 1. The third-order valence-corrected chi connectivity index (χ3v) is 17.4. The third-order valence-electron chi connectivity index (χ3n) is 10.2. The second-order valence-electron chi connectivity index (χ2n) is 15.6. The van der Waals surface area contributed by atoms with E-state index in [9.17, 15) is 29.4 Å². The predicted octanol–water partition coefficient (Wildman–Crippen LogP) is 4.21. The molecule has 10 atom stereocenters. The van der Waals surface area contributed by atoms with Crippen LogP contribution < -0.4 is 16.2 Å². The maximum Gasteiger partial charge on any atom is 0.695 e. The Kier molecular flexibility index (Phi) is 15.0. The van der Waals surface area contributed by atoms with Crippen LogP contribution in [0.3, 0.4) is 0 Å². The highest BCUT2D eigenvalue weighted by Gasteiger charge is 2.55. The van der Waals surface area contributed by atoms with E-state index in [4.69, 9.17) is 39.1 Å². The van der Waals surface area contributed by atoms with E-state index >= 15 is 4.39 Å². The monoisotopic (exact) mass is 888 g/mol. The first-order chi connectivity index (χ1) is 27.3. The molecule has 0 spiro atoms. The summed E-state index contributed by atoms with van der Waals surface area (Å²) in [5.74, 6) is -1.52. The number of amides is 1. The smallest absolute Gasteiger partial charge is 0.408 e. The van der Waals surface area contributed by atoms with E-state index < -0.39 is 96.1 Å². The number of aliphatic hydroxyl groups excluding tert-OH is 1. The van der Waals surface area contributed by atoms with Gasteiger partial charge in [-0.1, -0.05) is 34.6 Å². The molecule has 20 nitrogen and oxygen atoms in total. The highest BCUT2D eigenvalue weighted by Crippen LogP contribution is 2.56. The van der Waals surface area contributed by atoms with Crippen molar-refractivity contribution >= 4 is 63.9 Å². The molecule has 3 unspecified atom stereocenters. The van der Waals surface area contributed by atoms with Gasteiger partial charge < -0.3 is 28.6 Å². The van der Waals surface area contributed by atoms with E-state index in [1.807, 2.05) is 39.9 Å². The molecule has 318 valence electrons. The van der Waals surface area contributed by atoms with Crippen molar-refractivity contribution in [1.82, 2.24) is 29.5 Å². The molecule has 5 N–H and O–H groups in total. The lowest BCUT2D eigenvalue weighted by Gasteiger charge is -2.41. The van der Waals surface area contributed by atoms with Crippen LogP contribution in [0, 0.1) is 23.2 Å². The number of aromatic amines is 1. The molecular formula is C33H49FN9O11P2SSi+. The van der Waals surface area contributed by atoms with Gasteiger partial charge in [-0.05, 0) is 42.4 Å². The van der Waals surface area contributed by atoms with Crippen LogP contribution >= 0.6 is 15.0 Å². The molecule has 1 saturated heterocycles. The number of H-pyrrole nitrogens is 1. The predicted molar refractivity (Wildman–Crippen MR) is 213 cm³/mol. The summed E-state index contributed by atoms with van der Waals surface area (Å²) in [6.45, 7) is 8.22. The van der Waals surface area contributed by atoms with Gasteiger partial charge in [0.1, 0.15) is 30.5 Å². The molecule has 25 heteroatoms. The first-order valence-electron chi connectivity index (χ1n) is 18.4. The fourth-order valence-electron chi connectivity index (χ4n) is 6.12. The number of aliphatic hydroxyl groups is 1. The molecule has 5 rings (SSSR count). The minimum Gasteiger partial charge on any atom is -0.408 e. The van der Waals surface area contributed by atoms with Crippen LogP contribution in [0.2, 0.25) is 18.1 Å². The average Bonchev–Trinajstić information content (AvgIpc) is 3.80. The summed E-state index contributed by atoms with van der Waals surface area (Å²) in [6.07, 6.45) is -3.79. The van der Waals surface area contributed by atoms with E-state index in [-0.39, 0.29) is 48.2 Å². The third kappa shape index (κ3) is 10.7. The molecule has 1 amide bonds. The van der Waals surface area contributed by atoms with Crippen molar-refractivity contribution in [2.24, 2.45) is 11.8 Å². The molecule has 58 heavy (non-hydrogen) atoms. The van der Waals surface area contributed by atoms with Gasteiger partial charge in [-0.3, -0.25) is 29.0 Å². The lowest BCUT2D eigenvalue weighted by atomic mass is 10.1. The van der Waals surface area contributed by atoms with Gasteiger partial charge in [-0.25, -0.2) is 19.3 Å². The molecule has 3 aromatic heterocycles. The number of nitrogens with zero attached hydrogens (tertiary/aromatic N) is 6. The highest BCUT2D eigenvalue weighted by molar-refractivity contribution is 8.07. The number of nitrogens with one attached hydrogen (secondary N) is 3. The van der Waals surface area contributed by atoms with E-state index in [0.717, 1.165) is 0 Å². The number of hydrogen-bond donors (Lipinski definition) is 5. The van der Waals surface area contributed by atoms with Crippen LogP contribution in [0.25, 0.3) is 11.2 Å². The van der Waals surface area contributed by atoms with Crippen molar-refractivity contribution in [3.63, 3.8) is 0 Å². The van der Waals surface area contributed by atoms with Crippen molar-refractivity contribution in [3.05, 3.63) is 35.3 Å². The Morgan fingerprint density at radius 2 is 2.02 bits per heavy atom. The summed E-state index contributed by atoms with van der Waals surface area (Å²) in [6, 6.07) is 2.60. The topological polar surface area (TPSA) is 267 Å². The van der Waals surface area contributed by atoms with Crippen LogP contribution in [0.15, 0.2) is 29.7 Å². The molecule has 4 heterocycles. The van der Waals surface area contributed by atoms with Gasteiger partial charge in [0.2, 0.25) is 11.9 Å². The summed E-state index contributed by atoms with van der Waals surface area (Å²) in [5, 5.41) is 25.3. The van der Waals surface area contributed by atoms with Gasteiger partial charge in [0.15, 0.2) is 38.0 Å². The fraction of sp³-hybridized carbons (Fsp3) is 0.667. The first kappa shape index (κ1) is 45.8. The second kappa shape index (κ2) is 19.0. The molecule has 0 bridgehead atoms. The van der Waals surface area contributed by atoms with Crippen LogP contribution in [0.5, 0.6) is 0 Å². The van der Waals surface area contributed by atoms with E-state index in [1.165, 1.54) is 29.5 Å². The largest absolute Gasteiger partial charge is 0.695 e. The number of ether oxygens (including phenoxy) is 1. The van der Waals surface area contributed by atoms with E-state index in [0.29, 0.717) is 5.82 Å². The summed E-state index contributed by atoms with van der Waals surface area (Å²) in [5.41, 5.74) is -0.762. The maximum absolute atomic E-state index is 15.9. The molecule has 1 aliphatic heterocycles. The highest BCUT2D eigenvalue weighted by atomic mass is 32.5. The zero-order chi connectivity index (χ0) is 42.6. The molecule has 0 aromatic carbocycles. The number of anilines is 2. The number of hydrogen-bond acceptors (Lipinski definition) is 17. The van der Waals surface area contributed by atoms with Gasteiger partial charge >= 0.3 is 15.0 Å². The molecular weight excluding hydrogens is 840 g/mol. The molecule has 1 saturated carbocycles. The van der Waals surface area contributed by atoms with Gasteiger partial charge in [-0.15, -0.1) is 9.42 Å². The number of fused-ring (bicyclic) bond motifs is 1. The molecule has 1 aliphatic carbocycles. The lowest BCUT2D eigenvalue weighted by molar-refractivity contribution is -0.118. The molecule has 0 radical (unpaired) electrons. The van der Waals surface area contributed by atoms with Gasteiger partial charge in [-0.2, -0.15) is 10.2 Å². The Hall–Kier alpha value is -3.23. The van der Waals surface area contributed by atoms with Crippen molar-refractivity contribution in [3.8, 4) is 6.07 Å². The van der Waals surface area contributed by atoms with Crippen molar-refractivity contribution in [2.45, 2.75) is 108 Å². The van der Waals surface area contributed by atoms with E-state index in [2.05, 4.69) is 35.6 Å². The van der Waals surface area contributed by atoms with Crippen LogP contribution in [-0.2, 0) is 48.4 Å². The number of rotatable bonds is 18. The molecule has 3 aromatic rings. The Bertz CT molecular complexity index is 2070. The zero-order valence-corrected chi connectivity index (χ0v) is 36.6. The standard InChI is InChI=1S/C33H48FN9O11P2SSi/c1-18(2)29(45)41-32-40-28-24(30(46)42-32)38-17-43(28)31-27(26(21(14-44)51-31)54-58(6,7)33(3,4)5)53-56(57,49-12-8-10-35)50-15-19-13-20(23(34)25(19)52-55(47)48)39-22-9-11-36-16-37-22/h9,11,16-21,23,25-27,31,44H,8,12-15H2,1-7H3,(H3-,36,37,39,40,41,42,45,46,47,48)/p+1/t19-,20-,21-,23+,25-,26?,27-,31-,56?/m1/s1. The normalized spacial score (nSPS) is 26.4. The van der Waals surface area contributed by atoms with Crippen LogP contribution in [0.1, 0.15) is 53.7 Å². The zero-order valence-electron chi connectivity index (χ0n) is 33.0. The van der Waals surface area contributed by atoms with Crippen molar-refractivity contribution in [2.75, 3.05) is 30.5 Å². The SMILES string of the molecule is CC(C)C(=O)Nc1nc2c(ncn2[C@@H]2O[C@H](CO)C(O[Si](C)(C)C(C)(C)C)[C@H]2OP(=S)(OCCC#N)OC[C@H]2C[C@@H](Nc3ccncn3)[C@H](F)[C@@H]2O[P+](=O)O)c(=O)[nH]1. The second-order valence-corrected chi connectivity index (χ2v) is 24.0. The maximum atomic E-state index is 15.9. The van der Waals surface area contributed by atoms with Crippen LogP contribution in [0.4, 0.5) is 16.2 Å². The summed E-state index contributed by atoms with van der Waals surface area (Å²) in [4.78, 5) is 54.5. The quantitative estimate of drug-likeness (QED) is 0.0680. The van der Waals surface area contributed by atoms with Crippen molar-refractivity contribution in [1.29, 1.82) is 5.26 Å². The average molecular weight is 889 g/mol. The van der Waals surface area contributed by atoms with Gasteiger partial charge in [0.05, 0.1) is 44.7 Å². The number of halogens is 1. The number of nitriles is 1. The van der Waals surface area contributed by atoms with E-state index in [1.54, 1.807) is 13.8 Å². The lowest BCUT2D eigenvalue weighted by Crippen LogP contribution is -2.50.